The smallest absolute Gasteiger partial charge is 0.255 e. The fraction of sp³-hybridized carbons (Fsp3) is 0.0500. The van der Waals surface area contributed by atoms with Gasteiger partial charge in [-0.25, -0.2) is 13.1 Å². The summed E-state index contributed by atoms with van der Waals surface area (Å²) in [6.07, 6.45) is 1.59. The Morgan fingerprint density at radius 3 is 2.32 bits per heavy atom. The predicted octanol–water partition coefficient (Wildman–Crippen LogP) is 2.68. The number of nitriles is 1. The van der Waals surface area contributed by atoms with Crippen LogP contribution in [0.3, 0.4) is 0 Å². The van der Waals surface area contributed by atoms with Gasteiger partial charge in [-0.05, 0) is 60.7 Å². The first-order valence-electron chi connectivity index (χ1n) is 8.29. The SMILES string of the molecule is N#Cc1ccc(NC(=O)c2ccc(S(=O)(=O)NCc3ccccn3)cc2)cc1. The van der Waals surface area contributed by atoms with E-state index < -0.39 is 10.0 Å². The summed E-state index contributed by atoms with van der Waals surface area (Å²) in [6, 6.07) is 19.3. The molecule has 3 rings (SSSR count). The Balaban J connectivity index is 1.66. The zero-order valence-corrected chi connectivity index (χ0v) is 15.5. The highest BCUT2D eigenvalue weighted by Gasteiger charge is 2.15. The molecule has 140 valence electrons. The molecule has 1 heterocycles. The van der Waals surface area contributed by atoms with Crippen molar-refractivity contribution in [3.8, 4) is 6.07 Å². The molecule has 1 amide bonds. The van der Waals surface area contributed by atoms with E-state index in [0.717, 1.165) is 0 Å². The van der Waals surface area contributed by atoms with Gasteiger partial charge in [-0.1, -0.05) is 6.07 Å². The number of nitrogens with one attached hydrogen (secondary N) is 2. The Bertz CT molecular complexity index is 1100. The van der Waals surface area contributed by atoms with Crippen molar-refractivity contribution in [3.05, 3.63) is 89.7 Å². The van der Waals surface area contributed by atoms with Crippen molar-refractivity contribution in [1.29, 1.82) is 5.26 Å². The molecule has 0 saturated heterocycles. The molecular weight excluding hydrogens is 376 g/mol. The van der Waals surface area contributed by atoms with Crippen molar-refractivity contribution in [2.75, 3.05) is 5.32 Å². The first-order chi connectivity index (χ1) is 13.5. The normalized spacial score (nSPS) is 10.8. The summed E-state index contributed by atoms with van der Waals surface area (Å²) >= 11 is 0. The average Bonchev–Trinajstić information content (AvgIpc) is 2.74. The van der Waals surface area contributed by atoms with E-state index in [1.807, 2.05) is 6.07 Å². The fourth-order valence-corrected chi connectivity index (χ4v) is 3.37. The number of hydrogen-bond donors (Lipinski definition) is 2. The molecule has 8 heteroatoms. The van der Waals surface area contributed by atoms with Gasteiger partial charge in [-0.15, -0.1) is 0 Å². The van der Waals surface area contributed by atoms with Crippen LogP contribution in [0.15, 0.2) is 77.8 Å². The number of pyridine rings is 1. The van der Waals surface area contributed by atoms with Crippen LogP contribution in [-0.4, -0.2) is 19.3 Å². The number of carbonyl (C=O) groups is 1. The Hall–Kier alpha value is -3.54. The molecule has 0 saturated carbocycles. The third kappa shape index (κ3) is 4.79. The standard InChI is InChI=1S/C20H16N4O3S/c21-13-15-4-8-17(9-5-15)24-20(25)16-6-10-19(11-7-16)28(26,27)23-14-18-3-1-2-12-22-18/h1-12,23H,14H2,(H,24,25). The molecular formula is C20H16N4O3S. The van der Waals surface area contributed by atoms with Gasteiger partial charge in [0.15, 0.2) is 0 Å². The molecule has 0 radical (unpaired) electrons. The van der Waals surface area contributed by atoms with Crippen LogP contribution in [0.1, 0.15) is 21.6 Å². The highest BCUT2D eigenvalue weighted by molar-refractivity contribution is 7.89. The minimum atomic E-state index is -3.72. The van der Waals surface area contributed by atoms with Crippen LogP contribution in [0.4, 0.5) is 5.69 Å². The Morgan fingerprint density at radius 1 is 1.00 bits per heavy atom. The van der Waals surface area contributed by atoms with E-state index in [2.05, 4.69) is 15.0 Å². The molecule has 0 aliphatic carbocycles. The number of rotatable bonds is 6. The molecule has 0 atom stereocenters. The second-order valence-electron chi connectivity index (χ2n) is 5.81. The van der Waals surface area contributed by atoms with Gasteiger partial charge in [-0.2, -0.15) is 5.26 Å². The number of aromatic nitrogens is 1. The second-order valence-corrected chi connectivity index (χ2v) is 7.58. The zero-order chi connectivity index (χ0) is 20.0. The molecule has 0 aliphatic heterocycles. The molecule has 0 spiro atoms. The lowest BCUT2D eigenvalue weighted by Crippen LogP contribution is -2.23. The minimum absolute atomic E-state index is 0.0540. The van der Waals surface area contributed by atoms with Gasteiger partial charge in [0.25, 0.3) is 5.91 Å². The highest BCUT2D eigenvalue weighted by atomic mass is 32.2. The van der Waals surface area contributed by atoms with Crippen LogP contribution < -0.4 is 10.0 Å². The molecule has 7 nitrogen and oxygen atoms in total. The molecule has 2 aromatic carbocycles. The summed E-state index contributed by atoms with van der Waals surface area (Å²) in [5.41, 5.74) is 1.95. The maximum absolute atomic E-state index is 12.4. The van der Waals surface area contributed by atoms with E-state index in [1.165, 1.54) is 24.3 Å². The molecule has 0 aliphatic rings. The summed E-state index contributed by atoms with van der Waals surface area (Å²) in [5.74, 6) is -0.380. The molecule has 0 unspecified atom stereocenters. The molecule has 1 aromatic heterocycles. The lowest BCUT2D eigenvalue weighted by atomic mass is 10.2. The number of carbonyl (C=O) groups excluding carboxylic acids is 1. The minimum Gasteiger partial charge on any atom is -0.322 e. The van der Waals surface area contributed by atoms with Gasteiger partial charge in [0.05, 0.1) is 28.8 Å². The second kappa shape index (κ2) is 8.43. The number of amides is 1. The van der Waals surface area contributed by atoms with Crippen LogP contribution in [0.2, 0.25) is 0 Å². The summed E-state index contributed by atoms with van der Waals surface area (Å²) in [6.45, 7) is 0.0735. The Kier molecular flexibility index (Phi) is 5.79. The maximum Gasteiger partial charge on any atom is 0.255 e. The maximum atomic E-state index is 12.4. The molecule has 0 bridgehead atoms. The van der Waals surface area contributed by atoms with Crippen LogP contribution in [0, 0.1) is 11.3 Å². The number of sulfonamides is 1. The van der Waals surface area contributed by atoms with E-state index in [1.54, 1.807) is 48.7 Å². The molecule has 28 heavy (non-hydrogen) atoms. The summed E-state index contributed by atoms with van der Waals surface area (Å²) in [7, 11) is -3.72. The van der Waals surface area contributed by atoms with E-state index in [-0.39, 0.29) is 17.3 Å². The van der Waals surface area contributed by atoms with Gasteiger partial charge in [0.1, 0.15) is 0 Å². The van der Waals surface area contributed by atoms with Crippen molar-refractivity contribution in [3.63, 3.8) is 0 Å². The lowest BCUT2D eigenvalue weighted by molar-refractivity contribution is 0.102. The Labute approximate surface area is 162 Å². The van der Waals surface area contributed by atoms with Crippen molar-refractivity contribution in [2.45, 2.75) is 11.4 Å². The van der Waals surface area contributed by atoms with E-state index >= 15 is 0 Å². The summed E-state index contributed by atoms with van der Waals surface area (Å²) in [4.78, 5) is 16.4. The van der Waals surface area contributed by atoms with Gasteiger partial charge >= 0.3 is 0 Å². The number of hydrogen-bond acceptors (Lipinski definition) is 5. The van der Waals surface area contributed by atoms with Crippen molar-refractivity contribution in [1.82, 2.24) is 9.71 Å². The quantitative estimate of drug-likeness (QED) is 0.670. The zero-order valence-electron chi connectivity index (χ0n) is 14.7. The first-order valence-corrected chi connectivity index (χ1v) is 9.77. The summed E-state index contributed by atoms with van der Waals surface area (Å²) < 4.78 is 27.2. The van der Waals surface area contributed by atoms with Crippen molar-refractivity contribution in [2.24, 2.45) is 0 Å². The summed E-state index contributed by atoms with van der Waals surface area (Å²) in [5, 5.41) is 11.5. The topological polar surface area (TPSA) is 112 Å². The molecule has 0 fully saturated rings. The average molecular weight is 392 g/mol. The van der Waals surface area contributed by atoms with E-state index in [9.17, 15) is 13.2 Å². The predicted molar refractivity (Wildman–Crippen MR) is 104 cm³/mol. The molecule has 3 aromatic rings. The number of benzene rings is 2. The van der Waals surface area contributed by atoms with Crippen LogP contribution >= 0.6 is 0 Å². The largest absolute Gasteiger partial charge is 0.322 e. The highest BCUT2D eigenvalue weighted by Crippen LogP contribution is 2.14. The van der Waals surface area contributed by atoms with Gasteiger partial charge in [0.2, 0.25) is 10.0 Å². The van der Waals surface area contributed by atoms with Crippen molar-refractivity contribution >= 4 is 21.6 Å². The number of nitrogens with zero attached hydrogens (tertiary/aromatic N) is 2. The van der Waals surface area contributed by atoms with Gasteiger partial charge in [0, 0.05) is 17.4 Å². The monoisotopic (exact) mass is 392 g/mol. The molecule has 2 N–H and O–H groups in total. The first kappa shape index (κ1) is 19.2. The lowest BCUT2D eigenvalue weighted by Gasteiger charge is -2.08. The third-order valence-corrected chi connectivity index (χ3v) is 5.29. The van der Waals surface area contributed by atoms with Crippen LogP contribution in [0.25, 0.3) is 0 Å². The van der Waals surface area contributed by atoms with Crippen LogP contribution in [-0.2, 0) is 16.6 Å². The van der Waals surface area contributed by atoms with Crippen molar-refractivity contribution < 1.29 is 13.2 Å². The fourth-order valence-electron chi connectivity index (χ4n) is 2.37. The van der Waals surface area contributed by atoms with Crippen LogP contribution in [0.5, 0.6) is 0 Å². The third-order valence-electron chi connectivity index (χ3n) is 3.87. The van der Waals surface area contributed by atoms with Gasteiger partial charge in [-0.3, -0.25) is 9.78 Å². The van der Waals surface area contributed by atoms with E-state index in [0.29, 0.717) is 22.5 Å². The number of anilines is 1. The van der Waals surface area contributed by atoms with Gasteiger partial charge < -0.3 is 5.32 Å². The van der Waals surface area contributed by atoms with E-state index in [4.69, 9.17) is 5.26 Å². The Morgan fingerprint density at radius 2 is 1.71 bits per heavy atom.